The highest BCUT2D eigenvalue weighted by atomic mass is 16.3. The molecule has 20 heavy (non-hydrogen) atoms. The number of rotatable bonds is 5. The first-order chi connectivity index (χ1) is 9.72. The van der Waals surface area contributed by atoms with Crippen LogP contribution in [0.15, 0.2) is 47.3 Å². The highest BCUT2D eigenvalue weighted by molar-refractivity contribution is 6.08. The van der Waals surface area contributed by atoms with Gasteiger partial charge in [0.1, 0.15) is 6.26 Å². The number of carbonyl (C=O) groups excluding carboxylic acids is 2. The van der Waals surface area contributed by atoms with Crippen LogP contribution in [0.5, 0.6) is 0 Å². The molecule has 0 saturated heterocycles. The third kappa shape index (κ3) is 3.24. The molecule has 1 aromatic heterocycles. The van der Waals surface area contributed by atoms with Crippen molar-refractivity contribution in [1.82, 2.24) is 5.32 Å². The number of hydrogen-bond donors (Lipinski definition) is 3. The third-order valence-corrected chi connectivity index (χ3v) is 2.63. The largest absolute Gasteiger partial charge is 0.472 e. The van der Waals surface area contributed by atoms with Crippen LogP contribution < -0.4 is 16.4 Å². The Balaban J connectivity index is 2.15. The Labute approximate surface area is 116 Å². The second-order valence-corrected chi connectivity index (χ2v) is 4.06. The second kappa shape index (κ2) is 6.53. The first-order valence-electron chi connectivity index (χ1n) is 6.13. The fraction of sp³-hybridized carbons (Fsp3) is 0.143. The summed E-state index contributed by atoms with van der Waals surface area (Å²) in [6, 6.07) is 8.31. The number of amides is 2. The molecule has 0 aliphatic carbocycles. The van der Waals surface area contributed by atoms with Gasteiger partial charge in [-0.15, -0.1) is 0 Å². The van der Waals surface area contributed by atoms with Gasteiger partial charge in [0.15, 0.2) is 0 Å². The Morgan fingerprint density at radius 3 is 2.65 bits per heavy atom. The summed E-state index contributed by atoms with van der Waals surface area (Å²) in [4.78, 5) is 23.9. The standard InChI is InChI=1S/C14H15N3O3/c15-6-7-16-14(19)11-3-1-2-4-12(11)17-13(18)10-5-8-20-9-10/h1-5,8-9H,6-7,15H2,(H,16,19)(H,17,18). The van der Waals surface area contributed by atoms with Crippen molar-refractivity contribution in [1.29, 1.82) is 0 Å². The van der Waals surface area contributed by atoms with Crippen molar-refractivity contribution in [2.24, 2.45) is 5.73 Å². The molecule has 2 amide bonds. The summed E-state index contributed by atoms with van der Waals surface area (Å²) in [6.07, 6.45) is 2.75. The number of benzene rings is 1. The van der Waals surface area contributed by atoms with Crippen molar-refractivity contribution in [3.05, 3.63) is 54.0 Å². The number of carbonyl (C=O) groups is 2. The zero-order valence-corrected chi connectivity index (χ0v) is 10.8. The van der Waals surface area contributed by atoms with Crippen molar-refractivity contribution in [3.8, 4) is 0 Å². The van der Waals surface area contributed by atoms with Gasteiger partial charge in [-0.25, -0.2) is 0 Å². The summed E-state index contributed by atoms with van der Waals surface area (Å²) < 4.78 is 4.85. The molecule has 2 aromatic rings. The molecule has 0 atom stereocenters. The van der Waals surface area contributed by atoms with Gasteiger partial charge in [0.2, 0.25) is 0 Å². The van der Waals surface area contributed by atoms with Crippen molar-refractivity contribution >= 4 is 17.5 Å². The maximum absolute atomic E-state index is 12.0. The Morgan fingerprint density at radius 2 is 1.95 bits per heavy atom. The first-order valence-corrected chi connectivity index (χ1v) is 6.13. The van der Waals surface area contributed by atoms with Gasteiger partial charge in [0, 0.05) is 13.1 Å². The van der Waals surface area contributed by atoms with E-state index in [4.69, 9.17) is 10.2 Å². The molecule has 0 fully saturated rings. The Morgan fingerprint density at radius 1 is 1.15 bits per heavy atom. The summed E-state index contributed by atoms with van der Waals surface area (Å²) in [6.45, 7) is 0.734. The normalized spacial score (nSPS) is 10.1. The fourth-order valence-electron chi connectivity index (χ4n) is 1.66. The van der Waals surface area contributed by atoms with E-state index in [-0.39, 0.29) is 11.8 Å². The van der Waals surface area contributed by atoms with Gasteiger partial charge in [-0.05, 0) is 18.2 Å². The summed E-state index contributed by atoms with van der Waals surface area (Å²) >= 11 is 0. The average Bonchev–Trinajstić information content (AvgIpc) is 2.99. The van der Waals surface area contributed by atoms with Gasteiger partial charge in [0.05, 0.1) is 23.1 Å². The molecule has 0 radical (unpaired) electrons. The molecule has 6 nitrogen and oxygen atoms in total. The zero-order valence-electron chi connectivity index (χ0n) is 10.8. The summed E-state index contributed by atoms with van der Waals surface area (Å²) in [7, 11) is 0. The quantitative estimate of drug-likeness (QED) is 0.763. The van der Waals surface area contributed by atoms with Crippen LogP contribution >= 0.6 is 0 Å². The third-order valence-electron chi connectivity index (χ3n) is 2.63. The predicted octanol–water partition coefficient (Wildman–Crippen LogP) is 1.22. The molecular weight excluding hydrogens is 258 g/mol. The van der Waals surface area contributed by atoms with Crippen LogP contribution in [-0.2, 0) is 0 Å². The minimum atomic E-state index is -0.335. The number of furan rings is 1. The molecular formula is C14H15N3O3. The molecule has 1 heterocycles. The fourth-order valence-corrected chi connectivity index (χ4v) is 1.66. The van der Waals surface area contributed by atoms with Gasteiger partial charge in [-0.1, -0.05) is 12.1 Å². The number of nitrogens with one attached hydrogen (secondary N) is 2. The lowest BCUT2D eigenvalue weighted by molar-refractivity contribution is 0.0955. The Bertz CT molecular complexity index is 593. The Hall–Kier alpha value is -2.60. The minimum Gasteiger partial charge on any atom is -0.472 e. The van der Waals surface area contributed by atoms with Crippen LogP contribution in [0.4, 0.5) is 5.69 Å². The van der Waals surface area contributed by atoms with E-state index in [2.05, 4.69) is 10.6 Å². The monoisotopic (exact) mass is 273 g/mol. The van der Waals surface area contributed by atoms with Crippen LogP contribution in [0.3, 0.4) is 0 Å². The van der Waals surface area contributed by atoms with E-state index in [0.717, 1.165) is 0 Å². The smallest absolute Gasteiger partial charge is 0.258 e. The predicted molar refractivity (Wildman–Crippen MR) is 74.5 cm³/mol. The maximum atomic E-state index is 12.0. The van der Waals surface area contributed by atoms with Crippen molar-refractivity contribution in [2.75, 3.05) is 18.4 Å². The topological polar surface area (TPSA) is 97.4 Å². The van der Waals surface area contributed by atoms with Crippen LogP contribution in [0.1, 0.15) is 20.7 Å². The van der Waals surface area contributed by atoms with Crippen LogP contribution in [0, 0.1) is 0 Å². The summed E-state index contributed by atoms with van der Waals surface area (Å²) in [5.74, 6) is -0.614. The van der Waals surface area contributed by atoms with E-state index in [1.54, 1.807) is 30.3 Å². The number of hydrogen-bond acceptors (Lipinski definition) is 4. The number of para-hydroxylation sites is 1. The molecule has 0 aliphatic rings. The van der Waals surface area contributed by atoms with E-state index in [9.17, 15) is 9.59 Å². The maximum Gasteiger partial charge on any atom is 0.258 e. The molecule has 1 aromatic carbocycles. The summed E-state index contributed by atoms with van der Waals surface area (Å²) in [5.41, 5.74) is 6.56. The highest BCUT2D eigenvalue weighted by Gasteiger charge is 2.14. The van der Waals surface area contributed by atoms with Crippen molar-refractivity contribution < 1.29 is 14.0 Å². The van der Waals surface area contributed by atoms with Gasteiger partial charge in [-0.2, -0.15) is 0 Å². The van der Waals surface area contributed by atoms with Crippen LogP contribution in [-0.4, -0.2) is 24.9 Å². The summed E-state index contributed by atoms with van der Waals surface area (Å²) in [5, 5.41) is 5.34. The number of nitrogens with two attached hydrogens (primary N) is 1. The highest BCUT2D eigenvalue weighted by Crippen LogP contribution is 2.16. The molecule has 0 aliphatic heterocycles. The lowest BCUT2D eigenvalue weighted by atomic mass is 10.1. The van der Waals surface area contributed by atoms with E-state index in [1.165, 1.54) is 12.5 Å². The van der Waals surface area contributed by atoms with Crippen molar-refractivity contribution in [2.45, 2.75) is 0 Å². The van der Waals surface area contributed by atoms with Crippen LogP contribution in [0.2, 0.25) is 0 Å². The average molecular weight is 273 g/mol. The molecule has 0 spiro atoms. The first kappa shape index (κ1) is 13.8. The van der Waals surface area contributed by atoms with Crippen LogP contribution in [0.25, 0.3) is 0 Å². The van der Waals surface area contributed by atoms with E-state index < -0.39 is 0 Å². The van der Waals surface area contributed by atoms with E-state index in [1.807, 2.05) is 0 Å². The van der Waals surface area contributed by atoms with Gasteiger partial charge in [-0.3, -0.25) is 9.59 Å². The SMILES string of the molecule is NCCNC(=O)c1ccccc1NC(=O)c1ccoc1. The second-order valence-electron chi connectivity index (χ2n) is 4.06. The molecule has 4 N–H and O–H groups in total. The van der Waals surface area contributed by atoms with Crippen molar-refractivity contribution in [3.63, 3.8) is 0 Å². The van der Waals surface area contributed by atoms with E-state index >= 15 is 0 Å². The van der Waals surface area contributed by atoms with E-state index in [0.29, 0.717) is 29.9 Å². The minimum absolute atomic E-state index is 0.279. The van der Waals surface area contributed by atoms with Gasteiger partial charge < -0.3 is 20.8 Å². The van der Waals surface area contributed by atoms with Gasteiger partial charge >= 0.3 is 0 Å². The molecule has 0 bridgehead atoms. The molecule has 104 valence electrons. The molecule has 6 heteroatoms. The zero-order chi connectivity index (χ0) is 14.4. The van der Waals surface area contributed by atoms with Gasteiger partial charge in [0.25, 0.3) is 11.8 Å². The molecule has 0 saturated carbocycles. The lowest BCUT2D eigenvalue weighted by Crippen LogP contribution is -2.29. The lowest BCUT2D eigenvalue weighted by Gasteiger charge is -2.10. The Kier molecular flexibility index (Phi) is 4.52. The molecule has 2 rings (SSSR count). The number of anilines is 1. The molecule has 0 unspecified atom stereocenters.